The molecule has 0 N–H and O–H groups in total. The standard InChI is InChI=1S/C8H14F2.C2H6/c1-4-7(5-2)6-8(3,9)10;1-2/h4H,5-6H2,1-3H3;1-2H3/b7-4-;. The molecule has 0 radical (unpaired) electrons. The Kier molecular flexibility index (Phi) is 8.56. The van der Waals surface area contributed by atoms with Crippen molar-refractivity contribution >= 4 is 0 Å². The maximum atomic E-state index is 12.3. The summed E-state index contributed by atoms with van der Waals surface area (Å²) in [6.45, 7) is 8.64. The molecule has 74 valence electrons. The fourth-order valence-electron chi connectivity index (χ4n) is 0.830. The molecule has 2 heteroatoms. The summed E-state index contributed by atoms with van der Waals surface area (Å²) in [5.41, 5.74) is 0.826. The van der Waals surface area contributed by atoms with E-state index in [1.54, 1.807) is 13.0 Å². The van der Waals surface area contributed by atoms with Gasteiger partial charge < -0.3 is 0 Å². The smallest absolute Gasteiger partial charge is 0.207 e. The lowest BCUT2D eigenvalue weighted by molar-refractivity contribution is 0.0220. The van der Waals surface area contributed by atoms with Crippen molar-refractivity contribution in [2.75, 3.05) is 0 Å². The zero-order chi connectivity index (χ0) is 10.2. The molecule has 0 unspecified atom stereocenters. The molecule has 0 aromatic carbocycles. The summed E-state index contributed by atoms with van der Waals surface area (Å²) >= 11 is 0. The molecular formula is C10H20F2. The van der Waals surface area contributed by atoms with E-state index < -0.39 is 5.92 Å². The van der Waals surface area contributed by atoms with Crippen LogP contribution in [0.2, 0.25) is 0 Å². The Morgan fingerprint density at radius 2 is 1.75 bits per heavy atom. The highest BCUT2D eigenvalue weighted by atomic mass is 19.3. The summed E-state index contributed by atoms with van der Waals surface area (Å²) in [7, 11) is 0. The van der Waals surface area contributed by atoms with E-state index in [4.69, 9.17) is 0 Å². The van der Waals surface area contributed by atoms with Gasteiger partial charge in [0.15, 0.2) is 0 Å². The van der Waals surface area contributed by atoms with Gasteiger partial charge in [-0.25, -0.2) is 8.78 Å². The zero-order valence-corrected chi connectivity index (χ0v) is 8.75. The van der Waals surface area contributed by atoms with E-state index in [0.29, 0.717) is 0 Å². The lowest BCUT2D eigenvalue weighted by Gasteiger charge is -2.10. The summed E-state index contributed by atoms with van der Waals surface area (Å²) in [5, 5.41) is 0. The molecule has 0 spiro atoms. The number of hydrogen-bond acceptors (Lipinski definition) is 0. The molecule has 0 fully saturated rings. The van der Waals surface area contributed by atoms with Gasteiger partial charge in [0.05, 0.1) is 0 Å². The minimum Gasteiger partial charge on any atom is -0.207 e. The minimum absolute atomic E-state index is 0.0972. The van der Waals surface area contributed by atoms with Gasteiger partial charge in [0.1, 0.15) is 0 Å². The Morgan fingerprint density at radius 1 is 1.33 bits per heavy atom. The normalized spacial score (nSPS) is 12.1. The van der Waals surface area contributed by atoms with Crippen molar-refractivity contribution in [3.63, 3.8) is 0 Å². The molecule has 0 bridgehead atoms. The van der Waals surface area contributed by atoms with Gasteiger partial charge in [-0.3, -0.25) is 0 Å². The van der Waals surface area contributed by atoms with E-state index >= 15 is 0 Å². The zero-order valence-electron chi connectivity index (χ0n) is 8.75. The molecule has 0 heterocycles. The Balaban J connectivity index is 0. The van der Waals surface area contributed by atoms with Gasteiger partial charge in [-0.1, -0.05) is 32.4 Å². The Labute approximate surface area is 74.7 Å². The first-order chi connectivity index (χ1) is 5.49. The second kappa shape index (κ2) is 7.26. The van der Waals surface area contributed by atoms with E-state index in [0.717, 1.165) is 18.9 Å². The molecule has 0 aliphatic carbocycles. The Bertz CT molecular complexity index is 120. The highest BCUT2D eigenvalue weighted by molar-refractivity contribution is 5.01. The maximum Gasteiger partial charge on any atom is 0.249 e. The van der Waals surface area contributed by atoms with E-state index in [1.165, 1.54) is 0 Å². The van der Waals surface area contributed by atoms with Crippen LogP contribution in [0.15, 0.2) is 11.6 Å². The van der Waals surface area contributed by atoms with Gasteiger partial charge in [0, 0.05) is 6.42 Å². The van der Waals surface area contributed by atoms with Crippen molar-refractivity contribution in [1.29, 1.82) is 0 Å². The first-order valence-corrected chi connectivity index (χ1v) is 4.51. The van der Waals surface area contributed by atoms with Gasteiger partial charge in [-0.2, -0.15) is 0 Å². The summed E-state index contributed by atoms with van der Waals surface area (Å²) in [6.07, 6.45) is 2.39. The highest BCUT2D eigenvalue weighted by Crippen LogP contribution is 2.23. The van der Waals surface area contributed by atoms with Gasteiger partial charge in [-0.15, -0.1) is 0 Å². The molecule has 0 nitrogen and oxygen atoms in total. The van der Waals surface area contributed by atoms with Crippen molar-refractivity contribution in [2.45, 2.75) is 53.4 Å². The van der Waals surface area contributed by atoms with Crippen molar-refractivity contribution in [3.05, 3.63) is 11.6 Å². The van der Waals surface area contributed by atoms with Crippen LogP contribution in [0.5, 0.6) is 0 Å². The SMILES string of the molecule is C/C=C(/CC)CC(C)(F)F.CC. The molecule has 0 rings (SSSR count). The largest absolute Gasteiger partial charge is 0.249 e. The molecule has 0 amide bonds. The highest BCUT2D eigenvalue weighted by Gasteiger charge is 2.21. The predicted molar refractivity (Wildman–Crippen MR) is 50.6 cm³/mol. The van der Waals surface area contributed by atoms with Gasteiger partial charge in [0.2, 0.25) is 5.92 Å². The second-order valence-electron chi connectivity index (χ2n) is 2.55. The Morgan fingerprint density at radius 3 is 1.83 bits per heavy atom. The monoisotopic (exact) mass is 178 g/mol. The van der Waals surface area contributed by atoms with Crippen molar-refractivity contribution in [1.82, 2.24) is 0 Å². The lowest BCUT2D eigenvalue weighted by Crippen LogP contribution is -2.10. The quantitative estimate of drug-likeness (QED) is 0.561. The van der Waals surface area contributed by atoms with E-state index in [9.17, 15) is 8.78 Å². The van der Waals surface area contributed by atoms with E-state index in [2.05, 4.69) is 0 Å². The van der Waals surface area contributed by atoms with Crippen molar-refractivity contribution in [3.8, 4) is 0 Å². The summed E-state index contributed by atoms with van der Waals surface area (Å²) in [5.74, 6) is -2.54. The van der Waals surface area contributed by atoms with Gasteiger partial charge >= 0.3 is 0 Å². The fraction of sp³-hybridized carbons (Fsp3) is 0.800. The van der Waals surface area contributed by atoms with Gasteiger partial charge in [-0.05, 0) is 20.3 Å². The molecule has 0 saturated heterocycles. The van der Waals surface area contributed by atoms with Gasteiger partial charge in [0.25, 0.3) is 0 Å². The molecule has 0 saturated carbocycles. The van der Waals surface area contributed by atoms with Crippen LogP contribution < -0.4 is 0 Å². The number of alkyl halides is 2. The summed E-state index contributed by atoms with van der Waals surface area (Å²) < 4.78 is 24.6. The van der Waals surface area contributed by atoms with Crippen LogP contribution in [0.3, 0.4) is 0 Å². The maximum absolute atomic E-state index is 12.3. The molecule has 12 heavy (non-hydrogen) atoms. The first kappa shape index (κ1) is 14.1. The van der Waals surface area contributed by atoms with Crippen LogP contribution in [0.4, 0.5) is 8.78 Å². The van der Waals surface area contributed by atoms with Crippen LogP contribution in [0, 0.1) is 0 Å². The van der Waals surface area contributed by atoms with Crippen molar-refractivity contribution in [2.24, 2.45) is 0 Å². The van der Waals surface area contributed by atoms with Crippen LogP contribution in [-0.4, -0.2) is 5.92 Å². The minimum atomic E-state index is -2.54. The third-order valence-corrected chi connectivity index (χ3v) is 1.40. The molecule has 0 aliphatic rings. The number of hydrogen-bond donors (Lipinski definition) is 0. The third-order valence-electron chi connectivity index (χ3n) is 1.40. The number of allylic oxidation sites excluding steroid dienone is 2. The molecule has 0 atom stereocenters. The van der Waals surface area contributed by atoms with E-state index in [-0.39, 0.29) is 6.42 Å². The van der Waals surface area contributed by atoms with Crippen LogP contribution >= 0.6 is 0 Å². The molecule has 0 aromatic heterocycles. The molecule has 0 aliphatic heterocycles. The van der Waals surface area contributed by atoms with Crippen molar-refractivity contribution < 1.29 is 8.78 Å². The summed E-state index contributed by atoms with van der Waals surface area (Å²) in [6, 6.07) is 0. The molecular weight excluding hydrogens is 158 g/mol. The average molecular weight is 178 g/mol. The summed E-state index contributed by atoms with van der Waals surface area (Å²) in [4.78, 5) is 0. The topological polar surface area (TPSA) is 0 Å². The van der Waals surface area contributed by atoms with Crippen LogP contribution in [0.25, 0.3) is 0 Å². The Hall–Kier alpha value is -0.400. The molecule has 0 aromatic rings. The average Bonchev–Trinajstić information content (AvgIpc) is 2.02. The number of halogens is 2. The third kappa shape index (κ3) is 9.60. The van der Waals surface area contributed by atoms with E-state index in [1.807, 2.05) is 20.8 Å². The van der Waals surface area contributed by atoms with Crippen LogP contribution in [0.1, 0.15) is 47.5 Å². The first-order valence-electron chi connectivity index (χ1n) is 4.51. The lowest BCUT2D eigenvalue weighted by atomic mass is 10.1. The number of rotatable bonds is 3. The second-order valence-corrected chi connectivity index (χ2v) is 2.55. The van der Waals surface area contributed by atoms with Crippen LogP contribution in [-0.2, 0) is 0 Å². The fourth-order valence-corrected chi connectivity index (χ4v) is 0.830. The predicted octanol–water partition coefficient (Wildman–Crippen LogP) is 4.41.